The number of amides is 3. The standard InChI is InChI=1S/C23H27N3O3.ClH/c1-2-3-14-26-22(28)19-11-10-18(15-20(19)23(26)29)21(27)25(13-7-12-24)16-17-8-5-4-6-9-17;/h4-6,8-11,15H,2-3,7,12-14,16,24H2,1H3;1H. The van der Waals surface area contributed by atoms with Gasteiger partial charge in [0.2, 0.25) is 0 Å². The van der Waals surface area contributed by atoms with E-state index in [1.807, 2.05) is 37.3 Å². The quantitative estimate of drug-likeness (QED) is 0.618. The Kier molecular flexibility index (Phi) is 8.57. The van der Waals surface area contributed by atoms with E-state index in [1.54, 1.807) is 23.1 Å². The van der Waals surface area contributed by atoms with Crippen LogP contribution in [-0.2, 0) is 6.54 Å². The van der Waals surface area contributed by atoms with Gasteiger partial charge in [-0.1, -0.05) is 43.7 Å². The van der Waals surface area contributed by atoms with Crippen LogP contribution < -0.4 is 5.73 Å². The van der Waals surface area contributed by atoms with Gasteiger partial charge in [-0.05, 0) is 43.1 Å². The van der Waals surface area contributed by atoms with Crippen LogP contribution in [0.25, 0.3) is 0 Å². The first-order chi connectivity index (χ1) is 14.1. The molecule has 0 saturated heterocycles. The number of carbonyl (C=O) groups is 3. The fraction of sp³-hybridized carbons (Fsp3) is 0.348. The Bertz CT molecular complexity index is 902. The van der Waals surface area contributed by atoms with Crippen molar-refractivity contribution < 1.29 is 14.4 Å². The van der Waals surface area contributed by atoms with Crippen LogP contribution in [0.3, 0.4) is 0 Å². The fourth-order valence-electron chi connectivity index (χ4n) is 3.46. The van der Waals surface area contributed by atoms with Crippen molar-refractivity contribution in [2.45, 2.75) is 32.7 Å². The molecule has 3 rings (SSSR count). The number of nitrogens with zero attached hydrogens (tertiary/aromatic N) is 2. The molecule has 1 aliphatic heterocycles. The average molecular weight is 430 g/mol. The Hall–Kier alpha value is -2.70. The number of rotatable bonds is 9. The summed E-state index contributed by atoms with van der Waals surface area (Å²) in [5.74, 6) is -0.760. The van der Waals surface area contributed by atoms with Gasteiger partial charge in [-0.15, -0.1) is 12.4 Å². The molecule has 3 amide bonds. The Balaban J connectivity index is 0.00000320. The first-order valence-electron chi connectivity index (χ1n) is 10.1. The molecular weight excluding hydrogens is 402 g/mol. The predicted octanol–water partition coefficient (Wildman–Crippen LogP) is 3.50. The van der Waals surface area contributed by atoms with Crippen molar-refractivity contribution in [2.24, 2.45) is 5.73 Å². The van der Waals surface area contributed by atoms with Crippen LogP contribution in [0, 0.1) is 0 Å². The second kappa shape index (κ2) is 10.9. The van der Waals surface area contributed by atoms with Crippen LogP contribution in [-0.4, -0.2) is 47.2 Å². The van der Waals surface area contributed by atoms with Gasteiger partial charge < -0.3 is 10.6 Å². The van der Waals surface area contributed by atoms with Gasteiger partial charge in [0.05, 0.1) is 11.1 Å². The molecule has 0 aromatic heterocycles. The van der Waals surface area contributed by atoms with Gasteiger partial charge in [-0.2, -0.15) is 0 Å². The van der Waals surface area contributed by atoms with Gasteiger partial charge in [0, 0.05) is 25.2 Å². The zero-order valence-electron chi connectivity index (χ0n) is 17.2. The number of nitrogens with two attached hydrogens (primary N) is 1. The monoisotopic (exact) mass is 429 g/mol. The van der Waals surface area contributed by atoms with Crippen LogP contribution in [0.5, 0.6) is 0 Å². The number of unbranched alkanes of at least 4 members (excludes halogenated alkanes) is 1. The summed E-state index contributed by atoms with van der Waals surface area (Å²) in [6.45, 7) is 3.89. The second-order valence-corrected chi connectivity index (χ2v) is 7.23. The summed E-state index contributed by atoms with van der Waals surface area (Å²) in [7, 11) is 0. The maximum atomic E-state index is 13.2. The lowest BCUT2D eigenvalue weighted by Gasteiger charge is -2.23. The van der Waals surface area contributed by atoms with E-state index in [4.69, 9.17) is 5.73 Å². The van der Waals surface area contributed by atoms with Crippen molar-refractivity contribution in [1.29, 1.82) is 0 Å². The van der Waals surface area contributed by atoms with Crippen molar-refractivity contribution in [3.05, 3.63) is 70.8 Å². The Morgan fingerprint density at radius 1 is 1.00 bits per heavy atom. The Morgan fingerprint density at radius 2 is 1.70 bits per heavy atom. The van der Waals surface area contributed by atoms with Crippen molar-refractivity contribution >= 4 is 30.1 Å². The van der Waals surface area contributed by atoms with Gasteiger partial charge in [0.25, 0.3) is 17.7 Å². The third-order valence-corrected chi connectivity index (χ3v) is 5.09. The highest BCUT2D eigenvalue weighted by atomic mass is 35.5. The lowest BCUT2D eigenvalue weighted by Crippen LogP contribution is -2.32. The maximum Gasteiger partial charge on any atom is 0.261 e. The second-order valence-electron chi connectivity index (χ2n) is 7.23. The number of hydrogen-bond acceptors (Lipinski definition) is 4. The molecule has 0 radical (unpaired) electrons. The molecule has 6 nitrogen and oxygen atoms in total. The van der Waals surface area contributed by atoms with E-state index in [9.17, 15) is 14.4 Å². The van der Waals surface area contributed by atoms with Gasteiger partial charge in [0.1, 0.15) is 0 Å². The first-order valence-corrected chi connectivity index (χ1v) is 10.1. The predicted molar refractivity (Wildman–Crippen MR) is 119 cm³/mol. The molecule has 2 N–H and O–H groups in total. The highest BCUT2D eigenvalue weighted by molar-refractivity contribution is 6.22. The number of hydrogen-bond donors (Lipinski definition) is 1. The molecule has 0 atom stereocenters. The third kappa shape index (κ3) is 5.07. The molecule has 2 aromatic rings. The van der Waals surface area contributed by atoms with Crippen LogP contribution in [0.1, 0.15) is 62.8 Å². The lowest BCUT2D eigenvalue weighted by molar-refractivity contribution is 0.0651. The summed E-state index contributed by atoms with van der Waals surface area (Å²) >= 11 is 0. The number of carbonyl (C=O) groups excluding carboxylic acids is 3. The van der Waals surface area contributed by atoms with E-state index < -0.39 is 0 Å². The van der Waals surface area contributed by atoms with E-state index >= 15 is 0 Å². The highest BCUT2D eigenvalue weighted by Gasteiger charge is 2.35. The molecule has 160 valence electrons. The molecule has 0 bridgehead atoms. The summed E-state index contributed by atoms with van der Waals surface area (Å²) in [5.41, 5.74) is 7.77. The van der Waals surface area contributed by atoms with E-state index in [2.05, 4.69) is 0 Å². The van der Waals surface area contributed by atoms with E-state index in [0.717, 1.165) is 18.4 Å². The summed E-state index contributed by atoms with van der Waals surface area (Å²) in [6, 6.07) is 14.5. The van der Waals surface area contributed by atoms with Crippen LogP contribution >= 0.6 is 12.4 Å². The zero-order valence-corrected chi connectivity index (χ0v) is 18.0. The Morgan fingerprint density at radius 3 is 2.37 bits per heavy atom. The summed E-state index contributed by atoms with van der Waals surface area (Å²) in [5, 5.41) is 0. The molecule has 0 aliphatic carbocycles. The molecule has 30 heavy (non-hydrogen) atoms. The minimum Gasteiger partial charge on any atom is -0.334 e. The molecular formula is C23H28ClN3O3. The SMILES string of the molecule is CCCCN1C(=O)c2ccc(C(=O)N(CCCN)Cc3ccccc3)cc2C1=O.Cl. The van der Waals surface area contributed by atoms with Crippen LogP contribution in [0.15, 0.2) is 48.5 Å². The smallest absolute Gasteiger partial charge is 0.261 e. The fourth-order valence-corrected chi connectivity index (χ4v) is 3.46. The number of halogens is 1. The Labute approximate surface area is 183 Å². The van der Waals surface area contributed by atoms with Crippen LogP contribution in [0.2, 0.25) is 0 Å². The first kappa shape index (κ1) is 23.6. The van der Waals surface area contributed by atoms with Gasteiger partial charge in [-0.25, -0.2) is 0 Å². The highest BCUT2D eigenvalue weighted by Crippen LogP contribution is 2.25. The van der Waals surface area contributed by atoms with Gasteiger partial charge in [0.15, 0.2) is 0 Å². The summed E-state index contributed by atoms with van der Waals surface area (Å²) in [4.78, 5) is 41.4. The molecule has 7 heteroatoms. The minimum atomic E-state index is -0.315. The molecule has 0 unspecified atom stereocenters. The van der Waals surface area contributed by atoms with E-state index in [0.29, 0.717) is 49.3 Å². The van der Waals surface area contributed by atoms with Crippen molar-refractivity contribution in [3.8, 4) is 0 Å². The molecule has 0 saturated carbocycles. The molecule has 0 fully saturated rings. The number of benzene rings is 2. The van der Waals surface area contributed by atoms with Crippen LogP contribution in [0.4, 0.5) is 0 Å². The largest absolute Gasteiger partial charge is 0.334 e. The molecule has 1 aliphatic rings. The van der Waals surface area contributed by atoms with Gasteiger partial charge >= 0.3 is 0 Å². The minimum absolute atomic E-state index is 0. The average Bonchev–Trinajstić information content (AvgIpc) is 2.99. The maximum absolute atomic E-state index is 13.2. The van der Waals surface area contributed by atoms with Crippen molar-refractivity contribution in [1.82, 2.24) is 9.80 Å². The molecule has 1 heterocycles. The normalized spacial score (nSPS) is 12.5. The molecule has 0 spiro atoms. The summed E-state index contributed by atoms with van der Waals surface area (Å²) < 4.78 is 0. The van der Waals surface area contributed by atoms with Crippen molar-refractivity contribution in [2.75, 3.05) is 19.6 Å². The number of imide groups is 1. The summed E-state index contributed by atoms with van der Waals surface area (Å²) in [6.07, 6.45) is 2.35. The molecule has 2 aromatic carbocycles. The third-order valence-electron chi connectivity index (χ3n) is 5.09. The zero-order chi connectivity index (χ0) is 20.8. The lowest BCUT2D eigenvalue weighted by atomic mass is 10.0. The van der Waals surface area contributed by atoms with Crippen molar-refractivity contribution in [3.63, 3.8) is 0 Å². The topological polar surface area (TPSA) is 83.7 Å². The van der Waals surface area contributed by atoms with E-state index in [1.165, 1.54) is 4.90 Å². The van der Waals surface area contributed by atoms with Gasteiger partial charge in [-0.3, -0.25) is 19.3 Å². The number of fused-ring (bicyclic) bond motifs is 1. The van der Waals surface area contributed by atoms with E-state index in [-0.39, 0.29) is 30.1 Å².